The Morgan fingerprint density at radius 1 is 0.500 bits per heavy atom. The van der Waals surface area contributed by atoms with Crippen LogP contribution in [0, 0.1) is 0 Å². The van der Waals surface area contributed by atoms with Gasteiger partial charge >= 0.3 is 19.8 Å². The van der Waals surface area contributed by atoms with E-state index in [0.29, 0.717) is 12.8 Å². The fraction of sp³-hybridized carbons (Fsp3) is 0.654. The first-order chi connectivity index (χ1) is 30.3. The molecule has 2 atom stereocenters. The molecular formula is C52H88NO8P. The number of phosphoric ester groups is 1. The van der Waals surface area contributed by atoms with Crippen LogP contribution >= 0.6 is 7.82 Å². The molecule has 0 fully saturated rings. The third-order valence-electron chi connectivity index (χ3n) is 9.70. The molecule has 0 amide bonds. The van der Waals surface area contributed by atoms with Crippen molar-refractivity contribution in [3.05, 3.63) is 97.2 Å². The highest BCUT2D eigenvalue weighted by Crippen LogP contribution is 2.43. The first-order valence-corrected chi connectivity index (χ1v) is 25.7. The molecule has 10 heteroatoms. The van der Waals surface area contributed by atoms with Gasteiger partial charge in [-0.15, -0.1) is 0 Å². The highest BCUT2D eigenvalue weighted by Gasteiger charge is 2.26. The number of hydrogen-bond donors (Lipinski definition) is 2. The van der Waals surface area contributed by atoms with Crippen molar-refractivity contribution < 1.29 is 37.6 Å². The third-order valence-corrected chi connectivity index (χ3v) is 10.7. The number of allylic oxidation sites excluding steroid dienone is 16. The highest BCUT2D eigenvalue weighted by atomic mass is 31.2. The molecule has 2 unspecified atom stereocenters. The van der Waals surface area contributed by atoms with E-state index < -0.39 is 32.5 Å². The maximum absolute atomic E-state index is 12.6. The van der Waals surface area contributed by atoms with Crippen LogP contribution in [0.15, 0.2) is 97.2 Å². The standard InChI is InChI=1S/C52H88NO8P/c1-3-5-7-9-11-13-15-17-19-20-21-22-23-24-25-26-27-28-29-30-31-33-35-37-39-41-43-45-52(55)61-50(49-60-62(56,57)59-47-46-53)48-58-51(54)44-42-40-38-36-34-32-18-16-14-12-10-8-6-4-2/h5,7,10-13,16-19,21-22,24-25,27-28,50H,3-4,6,8-9,14-15,20,23,26,29-49,53H2,1-2H3,(H,56,57)/b7-5-,12-10-,13-11-,18-16-,19-17-,22-21-,25-24-,28-27-. The summed E-state index contributed by atoms with van der Waals surface area (Å²) in [7, 11) is -4.39. The molecule has 9 nitrogen and oxygen atoms in total. The number of phosphoric acid groups is 1. The summed E-state index contributed by atoms with van der Waals surface area (Å²) in [5.74, 6) is -0.862. The van der Waals surface area contributed by atoms with Crippen molar-refractivity contribution in [2.45, 2.75) is 193 Å². The van der Waals surface area contributed by atoms with Crippen LogP contribution in [0.4, 0.5) is 0 Å². The zero-order valence-electron chi connectivity index (χ0n) is 39.1. The van der Waals surface area contributed by atoms with Crippen molar-refractivity contribution >= 4 is 19.8 Å². The summed E-state index contributed by atoms with van der Waals surface area (Å²) in [5, 5.41) is 0. The summed E-state index contributed by atoms with van der Waals surface area (Å²) >= 11 is 0. The largest absolute Gasteiger partial charge is 0.472 e. The van der Waals surface area contributed by atoms with Crippen LogP contribution in [0.3, 0.4) is 0 Å². The van der Waals surface area contributed by atoms with Crippen molar-refractivity contribution in [3.63, 3.8) is 0 Å². The average Bonchev–Trinajstić information content (AvgIpc) is 3.26. The smallest absolute Gasteiger partial charge is 0.462 e. The lowest BCUT2D eigenvalue weighted by atomic mass is 10.1. The van der Waals surface area contributed by atoms with Crippen LogP contribution in [0.5, 0.6) is 0 Å². The van der Waals surface area contributed by atoms with Gasteiger partial charge in [-0.05, 0) is 89.9 Å². The predicted octanol–water partition coefficient (Wildman–Crippen LogP) is 14.6. The molecule has 3 N–H and O–H groups in total. The van der Waals surface area contributed by atoms with Crippen molar-refractivity contribution in [3.8, 4) is 0 Å². The maximum Gasteiger partial charge on any atom is 0.472 e. The molecule has 0 rings (SSSR count). The van der Waals surface area contributed by atoms with Gasteiger partial charge in [-0.1, -0.05) is 182 Å². The van der Waals surface area contributed by atoms with Gasteiger partial charge in [0.1, 0.15) is 6.61 Å². The lowest BCUT2D eigenvalue weighted by Gasteiger charge is -2.19. The maximum atomic E-state index is 12.6. The molecule has 0 aliphatic heterocycles. The molecule has 0 aromatic carbocycles. The predicted molar refractivity (Wildman–Crippen MR) is 261 cm³/mol. The van der Waals surface area contributed by atoms with E-state index in [1.54, 1.807) is 0 Å². The monoisotopic (exact) mass is 886 g/mol. The molecule has 0 saturated heterocycles. The number of unbranched alkanes of at least 4 members (excludes halogenated alkanes) is 15. The minimum Gasteiger partial charge on any atom is -0.462 e. The van der Waals surface area contributed by atoms with Gasteiger partial charge in [0.05, 0.1) is 13.2 Å². The van der Waals surface area contributed by atoms with Crippen LogP contribution in [0.2, 0.25) is 0 Å². The van der Waals surface area contributed by atoms with Gasteiger partial charge in [0, 0.05) is 19.4 Å². The topological polar surface area (TPSA) is 134 Å². The molecule has 0 heterocycles. The molecule has 0 aliphatic rings. The number of carbonyl (C=O) groups excluding carboxylic acids is 2. The van der Waals surface area contributed by atoms with Crippen LogP contribution < -0.4 is 5.73 Å². The summed E-state index contributed by atoms with van der Waals surface area (Å²) in [4.78, 5) is 35.0. The van der Waals surface area contributed by atoms with E-state index in [1.807, 2.05) is 0 Å². The lowest BCUT2D eigenvalue weighted by molar-refractivity contribution is -0.161. The van der Waals surface area contributed by atoms with Gasteiger partial charge in [0.15, 0.2) is 6.10 Å². The van der Waals surface area contributed by atoms with Crippen molar-refractivity contribution in [2.24, 2.45) is 5.73 Å². The Kier molecular flexibility index (Phi) is 45.1. The summed E-state index contributed by atoms with van der Waals surface area (Å²) in [6, 6.07) is 0. The fourth-order valence-corrected chi connectivity index (χ4v) is 6.89. The normalized spacial score (nSPS) is 14.1. The van der Waals surface area contributed by atoms with E-state index in [1.165, 1.54) is 38.5 Å². The summed E-state index contributed by atoms with van der Waals surface area (Å²) < 4.78 is 32.8. The van der Waals surface area contributed by atoms with Crippen LogP contribution in [0.25, 0.3) is 0 Å². The number of ether oxygens (including phenoxy) is 2. The Morgan fingerprint density at radius 3 is 1.32 bits per heavy atom. The Labute approximate surface area is 378 Å². The van der Waals surface area contributed by atoms with E-state index >= 15 is 0 Å². The number of nitrogens with two attached hydrogens (primary N) is 1. The second kappa shape index (κ2) is 47.4. The number of rotatable bonds is 44. The van der Waals surface area contributed by atoms with Gasteiger partial charge in [-0.3, -0.25) is 18.6 Å². The average molecular weight is 886 g/mol. The molecule has 0 aromatic rings. The molecule has 0 radical (unpaired) electrons. The minimum absolute atomic E-state index is 0.0448. The molecule has 0 aromatic heterocycles. The molecule has 0 saturated carbocycles. The van der Waals surface area contributed by atoms with E-state index in [9.17, 15) is 19.0 Å². The number of hydrogen-bond acceptors (Lipinski definition) is 8. The van der Waals surface area contributed by atoms with Crippen molar-refractivity contribution in [1.29, 1.82) is 0 Å². The summed E-state index contributed by atoms with van der Waals surface area (Å²) in [5.41, 5.74) is 5.36. The van der Waals surface area contributed by atoms with E-state index in [2.05, 4.69) is 111 Å². The second-order valence-corrected chi connectivity index (χ2v) is 17.0. The third kappa shape index (κ3) is 46.4. The Balaban J connectivity index is 4.11. The molecular weight excluding hydrogens is 798 g/mol. The Morgan fingerprint density at radius 2 is 0.887 bits per heavy atom. The zero-order chi connectivity index (χ0) is 45.3. The molecule has 62 heavy (non-hydrogen) atoms. The van der Waals surface area contributed by atoms with E-state index in [0.717, 1.165) is 109 Å². The first-order valence-electron chi connectivity index (χ1n) is 24.2. The Bertz CT molecular complexity index is 1330. The lowest BCUT2D eigenvalue weighted by Crippen LogP contribution is -2.29. The zero-order valence-corrected chi connectivity index (χ0v) is 40.0. The van der Waals surface area contributed by atoms with Crippen molar-refractivity contribution in [2.75, 3.05) is 26.4 Å². The van der Waals surface area contributed by atoms with Gasteiger partial charge in [0.2, 0.25) is 0 Å². The number of carbonyl (C=O) groups is 2. The second-order valence-electron chi connectivity index (χ2n) is 15.6. The van der Waals surface area contributed by atoms with E-state index in [4.69, 9.17) is 24.3 Å². The minimum atomic E-state index is -4.39. The molecule has 0 aliphatic carbocycles. The van der Waals surface area contributed by atoms with Gasteiger partial charge in [-0.25, -0.2) is 4.57 Å². The molecule has 0 spiro atoms. The summed E-state index contributed by atoms with van der Waals surface area (Å²) in [6.07, 6.45) is 61.5. The van der Waals surface area contributed by atoms with Gasteiger partial charge in [0.25, 0.3) is 0 Å². The summed E-state index contributed by atoms with van der Waals surface area (Å²) in [6.45, 7) is 3.54. The fourth-order valence-electron chi connectivity index (χ4n) is 6.12. The van der Waals surface area contributed by atoms with Gasteiger partial charge in [-0.2, -0.15) is 0 Å². The quantitative estimate of drug-likeness (QED) is 0.0265. The van der Waals surface area contributed by atoms with Gasteiger partial charge < -0.3 is 20.1 Å². The van der Waals surface area contributed by atoms with Crippen LogP contribution in [-0.2, 0) is 32.7 Å². The van der Waals surface area contributed by atoms with Crippen molar-refractivity contribution in [1.82, 2.24) is 0 Å². The number of esters is 2. The van der Waals surface area contributed by atoms with Crippen LogP contribution in [-0.4, -0.2) is 49.3 Å². The van der Waals surface area contributed by atoms with Crippen LogP contribution in [0.1, 0.15) is 187 Å². The van der Waals surface area contributed by atoms with E-state index in [-0.39, 0.29) is 32.6 Å². The Hall–Kier alpha value is -3.07. The SMILES string of the molecule is CC/C=C\C/C=C\C/C=C\C/C=C\C/C=C\C/C=C\CCCCCCCCCCC(=O)OC(COC(=O)CCCCCCC/C=C\C/C=C\CCCC)COP(=O)(O)OCCN. The molecule has 0 bridgehead atoms. The molecule has 354 valence electrons. The first kappa shape index (κ1) is 58.9. The highest BCUT2D eigenvalue weighted by molar-refractivity contribution is 7.47.